The van der Waals surface area contributed by atoms with Crippen LogP contribution in [-0.4, -0.2) is 73.2 Å². The van der Waals surface area contributed by atoms with Gasteiger partial charge in [0.25, 0.3) is 0 Å². The van der Waals surface area contributed by atoms with Crippen LogP contribution in [0.4, 0.5) is 0 Å². The largest absolute Gasteiger partial charge is 0.357 e. The second-order valence-corrected chi connectivity index (χ2v) is 7.69. The lowest BCUT2D eigenvalue weighted by Crippen LogP contribution is -2.47. The maximum atomic E-state index is 4.78. The molecule has 1 atom stereocenters. The molecule has 2 aromatic rings. The summed E-state index contributed by atoms with van der Waals surface area (Å²) in [5.41, 5.74) is 1.42. The number of likely N-dealkylation sites (N-methyl/N-ethyl adjacent to an activating group) is 1. The van der Waals surface area contributed by atoms with E-state index in [1.54, 1.807) is 0 Å². The molecule has 1 saturated heterocycles. The number of hydrogen-bond donors (Lipinski definition) is 2. The Labute approximate surface area is 175 Å². The monoisotopic (exact) mass is 396 g/mol. The lowest BCUT2D eigenvalue weighted by Gasteiger charge is -2.40. The number of hydrogen-bond acceptors (Lipinski definition) is 3. The Balaban J connectivity index is 1.46. The zero-order valence-corrected chi connectivity index (χ0v) is 17.9. The molecule has 1 aliphatic heterocycles. The van der Waals surface area contributed by atoms with Gasteiger partial charge in [-0.05, 0) is 38.1 Å². The minimum Gasteiger partial charge on any atom is -0.357 e. The van der Waals surface area contributed by atoms with Crippen molar-refractivity contribution in [1.82, 2.24) is 25.0 Å². The van der Waals surface area contributed by atoms with Gasteiger partial charge in [-0.3, -0.25) is 9.89 Å². The van der Waals surface area contributed by atoms with Gasteiger partial charge in [-0.25, -0.2) is 0 Å². The van der Waals surface area contributed by atoms with Gasteiger partial charge in [0.1, 0.15) is 0 Å². The first-order chi connectivity index (χ1) is 14.3. The summed E-state index contributed by atoms with van der Waals surface area (Å²) in [6, 6.07) is 15.5. The van der Waals surface area contributed by atoms with Crippen molar-refractivity contribution in [2.75, 3.05) is 52.9 Å². The predicted molar refractivity (Wildman–Crippen MR) is 121 cm³/mol. The summed E-state index contributed by atoms with van der Waals surface area (Å²) < 4.78 is 2.17. The van der Waals surface area contributed by atoms with Crippen molar-refractivity contribution in [1.29, 1.82) is 0 Å². The fourth-order valence-electron chi connectivity index (χ4n) is 3.85. The predicted octanol–water partition coefficient (Wildman–Crippen LogP) is 2.42. The van der Waals surface area contributed by atoms with Crippen molar-refractivity contribution < 1.29 is 0 Å². The van der Waals surface area contributed by atoms with E-state index in [1.807, 2.05) is 0 Å². The Bertz CT molecular complexity index is 712. The van der Waals surface area contributed by atoms with Gasteiger partial charge in [0.05, 0.1) is 0 Å². The van der Waals surface area contributed by atoms with Crippen LogP contribution in [0.5, 0.6) is 0 Å². The van der Waals surface area contributed by atoms with Crippen molar-refractivity contribution in [2.45, 2.75) is 25.9 Å². The highest BCUT2D eigenvalue weighted by Crippen LogP contribution is 2.24. The van der Waals surface area contributed by atoms with E-state index in [0.29, 0.717) is 6.04 Å². The molecule has 2 N–H and O–H groups in total. The van der Waals surface area contributed by atoms with Gasteiger partial charge in [0.15, 0.2) is 5.96 Å². The molecule has 0 radical (unpaired) electrons. The van der Waals surface area contributed by atoms with Crippen molar-refractivity contribution in [2.24, 2.45) is 4.99 Å². The zero-order valence-electron chi connectivity index (χ0n) is 17.9. The van der Waals surface area contributed by atoms with Gasteiger partial charge in [0, 0.05) is 70.8 Å². The third-order valence-electron chi connectivity index (χ3n) is 5.42. The maximum absolute atomic E-state index is 4.78. The topological polar surface area (TPSA) is 47.8 Å². The van der Waals surface area contributed by atoms with Crippen LogP contribution in [0, 0.1) is 0 Å². The van der Waals surface area contributed by atoms with Crippen molar-refractivity contribution in [3.05, 3.63) is 60.4 Å². The average Bonchev–Trinajstić information content (AvgIpc) is 3.26. The first-order valence-corrected chi connectivity index (χ1v) is 10.9. The summed E-state index contributed by atoms with van der Waals surface area (Å²) in [5, 5.41) is 6.79. The van der Waals surface area contributed by atoms with Gasteiger partial charge in [-0.2, -0.15) is 0 Å². The first kappa shape index (κ1) is 21.4. The quantitative estimate of drug-likeness (QED) is 0.388. The molecule has 0 amide bonds. The van der Waals surface area contributed by atoms with Crippen LogP contribution in [0.25, 0.3) is 0 Å². The second kappa shape index (κ2) is 11.6. The highest BCUT2D eigenvalue weighted by atomic mass is 15.3. The molecule has 0 saturated carbocycles. The minimum absolute atomic E-state index is 0.479. The number of rotatable bonds is 9. The van der Waals surface area contributed by atoms with Gasteiger partial charge in [-0.1, -0.05) is 30.3 Å². The molecule has 1 aromatic heterocycles. The highest BCUT2D eigenvalue weighted by molar-refractivity contribution is 5.79. The number of benzene rings is 1. The Hall–Kier alpha value is -2.31. The molecule has 158 valence electrons. The molecule has 1 aliphatic rings. The fraction of sp³-hybridized carbons (Fsp3) is 0.522. The summed E-state index contributed by atoms with van der Waals surface area (Å²) in [4.78, 5) is 9.83. The highest BCUT2D eigenvalue weighted by Gasteiger charge is 2.25. The summed E-state index contributed by atoms with van der Waals surface area (Å²) in [7, 11) is 2.22. The van der Waals surface area contributed by atoms with E-state index in [0.717, 1.165) is 64.7 Å². The average molecular weight is 397 g/mol. The van der Waals surface area contributed by atoms with Gasteiger partial charge >= 0.3 is 0 Å². The van der Waals surface area contributed by atoms with E-state index in [4.69, 9.17) is 4.99 Å². The smallest absolute Gasteiger partial charge is 0.191 e. The summed E-state index contributed by atoms with van der Waals surface area (Å²) >= 11 is 0. The van der Waals surface area contributed by atoms with Gasteiger partial charge in [-0.15, -0.1) is 0 Å². The molecule has 1 aromatic carbocycles. The Morgan fingerprint density at radius 3 is 2.59 bits per heavy atom. The molecule has 6 heteroatoms. The molecular weight excluding hydrogens is 360 g/mol. The Morgan fingerprint density at radius 2 is 1.83 bits per heavy atom. The molecule has 1 unspecified atom stereocenters. The van der Waals surface area contributed by atoms with E-state index >= 15 is 0 Å². The molecule has 2 heterocycles. The number of nitrogens with zero attached hydrogens (tertiary/aromatic N) is 4. The lowest BCUT2D eigenvalue weighted by atomic mass is 10.0. The van der Waals surface area contributed by atoms with Crippen LogP contribution in [0.1, 0.15) is 24.9 Å². The zero-order chi connectivity index (χ0) is 20.3. The molecular formula is C23H36N6. The Morgan fingerprint density at radius 1 is 1.03 bits per heavy atom. The van der Waals surface area contributed by atoms with Crippen LogP contribution < -0.4 is 10.6 Å². The molecule has 0 bridgehead atoms. The maximum Gasteiger partial charge on any atom is 0.191 e. The van der Waals surface area contributed by atoms with E-state index in [1.165, 1.54) is 5.56 Å². The number of guanidine groups is 1. The van der Waals surface area contributed by atoms with Crippen LogP contribution >= 0.6 is 0 Å². The van der Waals surface area contributed by atoms with Crippen LogP contribution in [0.3, 0.4) is 0 Å². The van der Waals surface area contributed by atoms with Crippen LogP contribution in [0.2, 0.25) is 0 Å². The molecule has 3 rings (SSSR count). The van der Waals surface area contributed by atoms with E-state index in [2.05, 4.69) is 93.8 Å². The van der Waals surface area contributed by atoms with Crippen molar-refractivity contribution in [3.63, 3.8) is 0 Å². The van der Waals surface area contributed by atoms with Crippen molar-refractivity contribution >= 4 is 5.96 Å². The molecule has 29 heavy (non-hydrogen) atoms. The van der Waals surface area contributed by atoms with E-state index in [9.17, 15) is 0 Å². The Kier molecular flexibility index (Phi) is 8.58. The van der Waals surface area contributed by atoms with Gasteiger partial charge < -0.3 is 20.1 Å². The van der Waals surface area contributed by atoms with Crippen LogP contribution in [-0.2, 0) is 6.54 Å². The summed E-state index contributed by atoms with van der Waals surface area (Å²) in [6.07, 6.45) is 5.25. The van der Waals surface area contributed by atoms with E-state index < -0.39 is 0 Å². The molecule has 6 nitrogen and oxygen atoms in total. The summed E-state index contributed by atoms with van der Waals surface area (Å²) in [6.45, 7) is 10.1. The fourth-order valence-corrected chi connectivity index (χ4v) is 3.85. The number of nitrogens with one attached hydrogen (secondary N) is 2. The van der Waals surface area contributed by atoms with Gasteiger partial charge in [0.2, 0.25) is 0 Å². The second-order valence-electron chi connectivity index (χ2n) is 7.69. The molecule has 1 fully saturated rings. The SMILES string of the molecule is CCNC(=NCCCN1CCN(C)CC1c1ccccc1)NCCn1cccc1. The molecule has 0 spiro atoms. The van der Waals surface area contributed by atoms with Crippen molar-refractivity contribution in [3.8, 4) is 0 Å². The first-order valence-electron chi connectivity index (χ1n) is 10.9. The standard InChI is InChI=1S/C23H36N6/c1-3-24-23(26-13-17-28-14-7-8-15-28)25-12-9-16-29-19-18-27(2)20-22(29)21-10-5-4-6-11-21/h4-8,10-11,14-15,22H,3,9,12-13,16-20H2,1-2H3,(H2,24,25,26). The number of aromatic nitrogens is 1. The number of aliphatic imine (C=N–C) groups is 1. The van der Waals surface area contributed by atoms with Crippen LogP contribution in [0.15, 0.2) is 59.9 Å². The molecule has 0 aliphatic carbocycles. The lowest BCUT2D eigenvalue weighted by molar-refractivity contribution is 0.0894. The number of piperazine rings is 1. The third kappa shape index (κ3) is 6.91. The summed E-state index contributed by atoms with van der Waals surface area (Å²) in [5.74, 6) is 0.914. The van der Waals surface area contributed by atoms with E-state index in [-0.39, 0.29) is 0 Å². The minimum atomic E-state index is 0.479. The third-order valence-corrected chi connectivity index (χ3v) is 5.42. The normalized spacial score (nSPS) is 18.7.